The van der Waals surface area contributed by atoms with Crippen molar-refractivity contribution in [3.63, 3.8) is 0 Å². The highest BCUT2D eigenvalue weighted by Crippen LogP contribution is 2.16. The van der Waals surface area contributed by atoms with Gasteiger partial charge in [0.05, 0.1) is 7.11 Å². The van der Waals surface area contributed by atoms with E-state index >= 15 is 0 Å². The number of methoxy groups -OCH3 is 1. The van der Waals surface area contributed by atoms with E-state index in [1.54, 1.807) is 18.2 Å². The van der Waals surface area contributed by atoms with E-state index in [1.807, 2.05) is 36.4 Å². The maximum atomic E-state index is 12.5. The Morgan fingerprint density at radius 1 is 0.950 bits per heavy atom. The maximum Gasteiger partial charge on any atom is 0.305 e. The van der Waals surface area contributed by atoms with Gasteiger partial charge in [0, 0.05) is 17.5 Å². The van der Waals surface area contributed by atoms with Crippen LogP contribution in [0.2, 0.25) is 0 Å². The topological polar surface area (TPSA) is 43.4 Å². The zero-order valence-electron chi connectivity index (χ0n) is 11.3. The normalized spacial score (nSPS) is 10.1. The monoisotopic (exact) mass is 268 g/mol. The van der Waals surface area contributed by atoms with Gasteiger partial charge in [-0.15, -0.1) is 0 Å². The van der Waals surface area contributed by atoms with Crippen LogP contribution in [-0.2, 0) is 16.0 Å². The van der Waals surface area contributed by atoms with Gasteiger partial charge in [-0.25, -0.2) is 0 Å². The van der Waals surface area contributed by atoms with Crippen LogP contribution in [0.15, 0.2) is 54.6 Å². The van der Waals surface area contributed by atoms with Crippen molar-refractivity contribution in [3.8, 4) is 0 Å². The molecule has 0 radical (unpaired) electrons. The highest BCUT2D eigenvalue weighted by molar-refractivity contribution is 6.09. The number of esters is 1. The van der Waals surface area contributed by atoms with Gasteiger partial charge in [-0.05, 0) is 12.0 Å². The first-order valence-electron chi connectivity index (χ1n) is 6.47. The van der Waals surface area contributed by atoms with Crippen LogP contribution in [0.25, 0.3) is 0 Å². The minimum Gasteiger partial charge on any atom is -0.469 e. The van der Waals surface area contributed by atoms with Crippen molar-refractivity contribution in [2.45, 2.75) is 12.8 Å². The number of carbonyl (C=O) groups is 2. The Kier molecular flexibility index (Phi) is 4.66. The molecule has 0 bridgehead atoms. The van der Waals surface area contributed by atoms with Crippen molar-refractivity contribution < 1.29 is 14.3 Å². The van der Waals surface area contributed by atoms with Crippen molar-refractivity contribution in [3.05, 3.63) is 71.3 Å². The van der Waals surface area contributed by atoms with E-state index in [0.717, 1.165) is 5.56 Å². The molecule has 2 aromatic rings. The standard InChI is InChI=1S/C17H16O3/c1-20-16(18)12-11-13-7-5-6-10-15(13)17(19)14-8-3-2-4-9-14/h2-10H,11-12H2,1H3. The highest BCUT2D eigenvalue weighted by Gasteiger charge is 2.13. The molecule has 3 nitrogen and oxygen atoms in total. The SMILES string of the molecule is COC(=O)CCc1ccccc1C(=O)c1ccccc1. The summed E-state index contributed by atoms with van der Waals surface area (Å²) in [6.07, 6.45) is 0.775. The minimum absolute atomic E-state index is 0.0222. The second-order valence-electron chi connectivity index (χ2n) is 4.43. The summed E-state index contributed by atoms with van der Waals surface area (Å²) in [6.45, 7) is 0. The van der Waals surface area contributed by atoms with Crippen molar-refractivity contribution in [1.82, 2.24) is 0 Å². The summed E-state index contributed by atoms with van der Waals surface area (Å²) in [4.78, 5) is 23.7. The molecule has 0 saturated carbocycles. The average Bonchev–Trinajstić information content (AvgIpc) is 2.53. The van der Waals surface area contributed by atoms with Crippen LogP contribution in [0, 0.1) is 0 Å². The zero-order valence-corrected chi connectivity index (χ0v) is 11.3. The van der Waals surface area contributed by atoms with Gasteiger partial charge in [-0.1, -0.05) is 54.6 Å². The molecular weight excluding hydrogens is 252 g/mol. The minimum atomic E-state index is -0.271. The van der Waals surface area contributed by atoms with Gasteiger partial charge >= 0.3 is 5.97 Å². The molecule has 2 aromatic carbocycles. The fourth-order valence-electron chi connectivity index (χ4n) is 2.04. The van der Waals surface area contributed by atoms with Gasteiger partial charge in [-0.2, -0.15) is 0 Å². The quantitative estimate of drug-likeness (QED) is 0.618. The van der Waals surface area contributed by atoms with Gasteiger partial charge in [0.2, 0.25) is 0 Å². The van der Waals surface area contributed by atoms with Crippen LogP contribution >= 0.6 is 0 Å². The number of ketones is 1. The van der Waals surface area contributed by atoms with Crippen LogP contribution in [0.1, 0.15) is 27.9 Å². The molecule has 0 aliphatic rings. The van der Waals surface area contributed by atoms with Gasteiger partial charge < -0.3 is 4.74 Å². The van der Waals surface area contributed by atoms with Crippen LogP contribution in [0.5, 0.6) is 0 Å². The Morgan fingerprint density at radius 2 is 1.60 bits per heavy atom. The third kappa shape index (κ3) is 3.32. The van der Waals surface area contributed by atoms with Crippen molar-refractivity contribution in [1.29, 1.82) is 0 Å². The van der Waals surface area contributed by atoms with Gasteiger partial charge in [-0.3, -0.25) is 9.59 Å². The van der Waals surface area contributed by atoms with Gasteiger partial charge in [0.15, 0.2) is 5.78 Å². The molecule has 0 heterocycles. The number of hydrogen-bond donors (Lipinski definition) is 0. The van der Waals surface area contributed by atoms with Crippen LogP contribution in [0.4, 0.5) is 0 Å². The molecule has 0 N–H and O–H groups in total. The Morgan fingerprint density at radius 3 is 2.30 bits per heavy atom. The van der Waals surface area contributed by atoms with E-state index in [1.165, 1.54) is 7.11 Å². The summed E-state index contributed by atoms with van der Waals surface area (Å²) in [5, 5.41) is 0. The zero-order chi connectivity index (χ0) is 14.4. The molecule has 0 aliphatic heterocycles. The fraction of sp³-hybridized carbons (Fsp3) is 0.176. The number of aryl methyl sites for hydroxylation is 1. The van der Waals surface area contributed by atoms with E-state index in [4.69, 9.17) is 0 Å². The first kappa shape index (κ1) is 14.0. The van der Waals surface area contributed by atoms with Crippen LogP contribution < -0.4 is 0 Å². The van der Waals surface area contributed by atoms with Crippen molar-refractivity contribution >= 4 is 11.8 Å². The van der Waals surface area contributed by atoms with E-state index in [2.05, 4.69) is 4.74 Å². The number of hydrogen-bond acceptors (Lipinski definition) is 3. The second-order valence-corrected chi connectivity index (χ2v) is 4.43. The number of rotatable bonds is 5. The average molecular weight is 268 g/mol. The van der Waals surface area contributed by atoms with E-state index < -0.39 is 0 Å². The molecule has 0 saturated heterocycles. The molecule has 0 amide bonds. The molecule has 2 rings (SSSR count). The number of carbonyl (C=O) groups excluding carboxylic acids is 2. The molecule has 0 spiro atoms. The third-order valence-electron chi connectivity index (χ3n) is 3.12. The van der Waals surface area contributed by atoms with Crippen molar-refractivity contribution in [2.75, 3.05) is 7.11 Å². The lowest BCUT2D eigenvalue weighted by molar-refractivity contribution is -0.140. The molecule has 20 heavy (non-hydrogen) atoms. The molecule has 102 valence electrons. The summed E-state index contributed by atoms with van der Waals surface area (Å²) in [5.41, 5.74) is 2.16. The highest BCUT2D eigenvalue weighted by atomic mass is 16.5. The summed E-state index contributed by atoms with van der Waals surface area (Å²) in [7, 11) is 1.36. The van der Waals surface area contributed by atoms with Crippen LogP contribution in [-0.4, -0.2) is 18.9 Å². The first-order valence-corrected chi connectivity index (χ1v) is 6.47. The number of ether oxygens (including phenoxy) is 1. The predicted molar refractivity (Wildman–Crippen MR) is 76.7 cm³/mol. The smallest absolute Gasteiger partial charge is 0.305 e. The lowest BCUT2D eigenvalue weighted by atomic mass is 9.96. The summed E-state index contributed by atoms with van der Waals surface area (Å²) < 4.78 is 4.63. The molecule has 0 atom stereocenters. The first-order chi connectivity index (χ1) is 9.72. The summed E-state index contributed by atoms with van der Waals surface area (Å²) in [5.74, 6) is -0.293. The van der Waals surface area contributed by atoms with Gasteiger partial charge in [0.1, 0.15) is 0 Å². The molecular formula is C17H16O3. The predicted octanol–water partition coefficient (Wildman–Crippen LogP) is 3.02. The largest absolute Gasteiger partial charge is 0.469 e. The maximum absolute atomic E-state index is 12.5. The van der Waals surface area contributed by atoms with E-state index in [-0.39, 0.29) is 18.2 Å². The Labute approximate surface area is 118 Å². The second kappa shape index (κ2) is 6.66. The molecule has 3 heteroatoms. The molecule has 0 aromatic heterocycles. The number of benzene rings is 2. The molecule has 0 fully saturated rings. The van der Waals surface area contributed by atoms with Gasteiger partial charge in [0.25, 0.3) is 0 Å². The molecule has 0 aliphatic carbocycles. The Hall–Kier alpha value is -2.42. The lowest BCUT2D eigenvalue weighted by Gasteiger charge is -2.08. The van der Waals surface area contributed by atoms with Crippen molar-refractivity contribution in [2.24, 2.45) is 0 Å². The van der Waals surface area contributed by atoms with E-state index in [9.17, 15) is 9.59 Å². The van der Waals surface area contributed by atoms with Crippen LogP contribution in [0.3, 0.4) is 0 Å². The summed E-state index contributed by atoms with van der Waals surface area (Å²) >= 11 is 0. The van der Waals surface area contributed by atoms with E-state index in [0.29, 0.717) is 17.5 Å². The fourth-order valence-corrected chi connectivity index (χ4v) is 2.04. The summed E-state index contributed by atoms with van der Waals surface area (Å²) in [6, 6.07) is 16.5. The third-order valence-corrected chi connectivity index (χ3v) is 3.12. The molecule has 0 unspecified atom stereocenters. The Balaban J connectivity index is 2.24. The Bertz CT molecular complexity index is 603. The lowest BCUT2D eigenvalue weighted by Crippen LogP contribution is -2.08.